The molecule has 0 bridgehead atoms. The Bertz CT molecular complexity index is 1170. The summed E-state index contributed by atoms with van der Waals surface area (Å²) in [4.78, 5) is 35.6. The second-order valence-corrected chi connectivity index (χ2v) is 10.0. The Balaban J connectivity index is 1.53. The fraction of sp³-hybridized carbons (Fsp3) is 0.227. The Hall–Kier alpha value is -3.41. The van der Waals surface area contributed by atoms with Gasteiger partial charge in [-0.25, -0.2) is 4.79 Å². The number of hydrogen-bond acceptors (Lipinski definition) is 4. The molecule has 6 nitrogen and oxygen atoms in total. The van der Waals surface area contributed by atoms with Crippen molar-refractivity contribution in [3.63, 3.8) is 0 Å². The summed E-state index contributed by atoms with van der Waals surface area (Å²) in [5.74, 6) is -1.47. The summed E-state index contributed by atoms with van der Waals surface area (Å²) in [7, 11) is -8.46. The summed E-state index contributed by atoms with van der Waals surface area (Å²) in [6, 6.07) is 7.21. The average molecular weight is 504 g/mol. The number of rotatable bonds is 6. The van der Waals surface area contributed by atoms with Crippen LogP contribution in [0.1, 0.15) is 27.0 Å². The van der Waals surface area contributed by atoms with E-state index in [0.29, 0.717) is 25.1 Å². The van der Waals surface area contributed by atoms with Crippen molar-refractivity contribution < 1.29 is 38.5 Å². The van der Waals surface area contributed by atoms with E-state index in [2.05, 4.69) is 5.32 Å². The number of nitrogens with one attached hydrogen (secondary N) is 1. The maximum atomic E-state index is 12.7. The van der Waals surface area contributed by atoms with E-state index in [1.807, 2.05) is 0 Å². The van der Waals surface area contributed by atoms with Crippen LogP contribution in [0, 0.1) is 0 Å². The van der Waals surface area contributed by atoms with Crippen LogP contribution in [-0.2, 0) is 27.3 Å². The minimum absolute atomic E-state index is 0.103. The van der Waals surface area contributed by atoms with Crippen molar-refractivity contribution in [3.8, 4) is 0 Å². The third-order valence-electron chi connectivity index (χ3n) is 5.16. The normalized spacial score (nSPS) is 15.8. The van der Waals surface area contributed by atoms with Crippen LogP contribution in [0.15, 0.2) is 53.4 Å². The van der Waals surface area contributed by atoms with Gasteiger partial charge in [-0.3, -0.25) is 9.59 Å². The van der Waals surface area contributed by atoms with Crippen LogP contribution < -0.4 is 5.32 Å². The van der Waals surface area contributed by atoms with Crippen molar-refractivity contribution in [3.05, 3.63) is 70.8 Å². The molecule has 3 rings (SSSR count). The summed E-state index contributed by atoms with van der Waals surface area (Å²) < 4.78 is 68.4. The molecule has 34 heavy (non-hydrogen) atoms. The topological polar surface area (TPSA) is 75.7 Å². The maximum absolute atomic E-state index is 12.7. The van der Waals surface area contributed by atoms with Gasteiger partial charge in [-0.1, -0.05) is 37.6 Å². The van der Waals surface area contributed by atoms with Crippen molar-refractivity contribution >= 4 is 34.1 Å². The number of esters is 1. The number of benzene rings is 2. The Morgan fingerprint density at radius 2 is 1.71 bits per heavy atom. The molecular formula is C22H21F5N2O4S. The molecule has 0 aliphatic carbocycles. The zero-order valence-electron chi connectivity index (χ0n) is 17.9. The van der Waals surface area contributed by atoms with Crippen LogP contribution in [0.5, 0.6) is 0 Å². The highest BCUT2D eigenvalue weighted by Gasteiger charge is 2.65. The Morgan fingerprint density at radius 1 is 1.03 bits per heavy atom. The lowest BCUT2D eigenvalue weighted by atomic mass is 9.97. The van der Waals surface area contributed by atoms with Crippen molar-refractivity contribution in [2.24, 2.45) is 0 Å². The molecule has 2 amide bonds. The minimum Gasteiger partial charge on any atom is -0.465 e. The van der Waals surface area contributed by atoms with Crippen LogP contribution in [0.25, 0.3) is 6.08 Å². The lowest BCUT2D eigenvalue weighted by Crippen LogP contribution is -2.42. The van der Waals surface area contributed by atoms with Crippen LogP contribution in [0.4, 0.5) is 19.4 Å². The van der Waals surface area contributed by atoms with Crippen molar-refractivity contribution in [2.45, 2.75) is 17.9 Å². The highest BCUT2D eigenvalue weighted by Crippen LogP contribution is 3.02. The number of carbonyl (C=O) groups excluding carboxylic acids is 3. The number of carbonyl (C=O) groups is 3. The van der Waals surface area contributed by atoms with E-state index >= 15 is 0 Å². The number of halogens is 5. The molecule has 0 radical (unpaired) electrons. The van der Waals surface area contributed by atoms with E-state index in [-0.39, 0.29) is 30.1 Å². The second-order valence-electron chi connectivity index (χ2n) is 7.63. The average Bonchev–Trinajstić information content (AvgIpc) is 2.78. The van der Waals surface area contributed by atoms with E-state index < -0.39 is 27.0 Å². The largest absolute Gasteiger partial charge is 0.465 e. The zero-order valence-corrected chi connectivity index (χ0v) is 18.7. The molecule has 2 aromatic rings. The Labute approximate surface area is 192 Å². The van der Waals surface area contributed by atoms with Crippen molar-refractivity contribution in [1.82, 2.24) is 10.2 Å². The van der Waals surface area contributed by atoms with E-state index in [4.69, 9.17) is 4.74 Å². The molecular weight excluding hydrogens is 483 g/mol. The van der Waals surface area contributed by atoms with E-state index in [1.54, 1.807) is 23.1 Å². The first-order valence-corrected chi connectivity index (χ1v) is 11.9. The van der Waals surface area contributed by atoms with Gasteiger partial charge in [-0.05, 0) is 53.5 Å². The molecule has 184 valence electrons. The first-order chi connectivity index (χ1) is 15.7. The first-order valence-electron chi connectivity index (χ1n) is 9.94. The van der Waals surface area contributed by atoms with Gasteiger partial charge in [0.25, 0.3) is 0 Å². The number of nitrogens with zero attached hydrogens (tertiary/aromatic N) is 1. The Kier molecular flexibility index (Phi) is 6.25. The molecule has 0 aromatic heterocycles. The van der Waals surface area contributed by atoms with E-state index in [0.717, 1.165) is 35.4 Å². The van der Waals surface area contributed by atoms with E-state index in [9.17, 15) is 33.8 Å². The van der Waals surface area contributed by atoms with Gasteiger partial charge in [0.15, 0.2) is 0 Å². The maximum Gasteiger partial charge on any atom is 0.337 e. The second kappa shape index (κ2) is 8.42. The lowest BCUT2D eigenvalue weighted by Gasteiger charge is -2.40. The van der Waals surface area contributed by atoms with Gasteiger partial charge in [0, 0.05) is 19.2 Å². The Morgan fingerprint density at radius 3 is 2.32 bits per heavy atom. The van der Waals surface area contributed by atoms with Crippen LogP contribution in [-0.4, -0.2) is 42.9 Å². The fourth-order valence-corrected chi connectivity index (χ4v) is 4.00. The first kappa shape index (κ1) is 25.2. The molecule has 0 saturated heterocycles. The van der Waals surface area contributed by atoms with Gasteiger partial charge in [0.2, 0.25) is 11.8 Å². The molecule has 2 aromatic carbocycles. The predicted molar refractivity (Wildman–Crippen MR) is 117 cm³/mol. The molecule has 1 aliphatic heterocycles. The summed E-state index contributed by atoms with van der Waals surface area (Å²) in [6.07, 6.45) is 2.65. The number of amides is 2. The summed E-state index contributed by atoms with van der Waals surface area (Å²) in [6.45, 7) is 0.391. The summed E-state index contributed by atoms with van der Waals surface area (Å²) in [5, 5.41) is 2.38. The number of fused-ring (bicyclic) bond motifs is 1. The zero-order chi connectivity index (χ0) is 25.2. The standard InChI is InChI=1S/C22H21F5N2O4S/c1-33-22(32)17-5-6-18-14-29(11-10-16(18)12-17)21(31)13-28-20(30)9-4-15-2-7-19(8-3-15)34(23,24,25,26)27/h2-9,12H,10-11,13-14H2,1H3,(H,28,30)/b9-4+. The van der Waals surface area contributed by atoms with Crippen LogP contribution in [0.2, 0.25) is 0 Å². The highest BCUT2D eigenvalue weighted by atomic mass is 32.5. The SMILES string of the molecule is COC(=O)c1ccc2c(c1)CCN(C(=O)CNC(=O)/C=C/c1ccc(S(F)(F)(F)(F)F)cc1)C2. The van der Waals surface area contributed by atoms with Gasteiger partial charge in [0.05, 0.1) is 19.2 Å². The van der Waals surface area contributed by atoms with Gasteiger partial charge < -0.3 is 15.0 Å². The monoisotopic (exact) mass is 504 g/mol. The fourth-order valence-electron chi connectivity index (χ4n) is 3.35. The predicted octanol–water partition coefficient (Wildman–Crippen LogP) is 4.84. The van der Waals surface area contributed by atoms with Gasteiger partial charge in [-0.15, -0.1) is 0 Å². The lowest BCUT2D eigenvalue weighted by molar-refractivity contribution is -0.132. The van der Waals surface area contributed by atoms with Gasteiger partial charge in [-0.2, -0.15) is 0 Å². The minimum atomic E-state index is -9.75. The molecule has 0 atom stereocenters. The number of hydrogen-bond donors (Lipinski definition) is 1. The van der Waals surface area contributed by atoms with E-state index in [1.165, 1.54) is 7.11 Å². The molecule has 1 heterocycles. The smallest absolute Gasteiger partial charge is 0.337 e. The summed E-state index contributed by atoms with van der Waals surface area (Å²) in [5.41, 5.74) is 2.32. The van der Waals surface area contributed by atoms with Crippen molar-refractivity contribution in [2.75, 3.05) is 20.2 Å². The molecule has 12 heteroatoms. The third kappa shape index (κ3) is 6.34. The third-order valence-corrected chi connectivity index (χ3v) is 6.32. The van der Waals surface area contributed by atoms with Crippen molar-refractivity contribution in [1.29, 1.82) is 0 Å². The van der Waals surface area contributed by atoms with Gasteiger partial charge >= 0.3 is 16.2 Å². The number of methoxy groups -OCH3 is 1. The van der Waals surface area contributed by atoms with Gasteiger partial charge in [0.1, 0.15) is 4.90 Å². The van der Waals surface area contributed by atoms with Crippen LogP contribution in [0.3, 0.4) is 0 Å². The molecule has 0 spiro atoms. The molecule has 1 N–H and O–H groups in total. The number of ether oxygens (including phenoxy) is 1. The molecule has 0 saturated carbocycles. The summed E-state index contributed by atoms with van der Waals surface area (Å²) >= 11 is 0. The molecule has 0 fully saturated rings. The molecule has 1 aliphatic rings. The van der Waals surface area contributed by atoms with Crippen LogP contribution >= 0.6 is 10.2 Å². The highest BCUT2D eigenvalue weighted by molar-refractivity contribution is 8.45. The molecule has 0 unspecified atom stereocenters. The quantitative estimate of drug-likeness (QED) is 0.347.